The van der Waals surface area contributed by atoms with Crippen molar-refractivity contribution in [3.05, 3.63) is 49.6 Å². The molecule has 10 nitrogen and oxygen atoms in total. The molecule has 0 saturated heterocycles. The number of hydrogen-bond donors (Lipinski definition) is 4. The van der Waals surface area contributed by atoms with Gasteiger partial charge >= 0.3 is 5.69 Å². The van der Waals surface area contributed by atoms with Gasteiger partial charge < -0.3 is 14.4 Å². The van der Waals surface area contributed by atoms with Crippen LogP contribution in [0, 0.1) is 0 Å². The maximum atomic E-state index is 12.2. The van der Waals surface area contributed by atoms with Crippen LogP contribution >= 0.6 is 15.9 Å². The lowest BCUT2D eigenvalue weighted by Gasteiger charge is -2.15. The fourth-order valence-corrected chi connectivity index (χ4v) is 2.77. The third-order valence-corrected chi connectivity index (χ3v) is 4.31. The van der Waals surface area contributed by atoms with Gasteiger partial charge in [0.1, 0.15) is 18.5 Å². The maximum Gasteiger partial charge on any atom is 0.329 e. The number of aromatic nitrogens is 4. The molecule has 0 bridgehead atoms. The molecule has 0 aliphatic heterocycles. The van der Waals surface area contributed by atoms with Crippen LogP contribution in [0.1, 0.15) is 0 Å². The van der Waals surface area contributed by atoms with Crippen molar-refractivity contribution in [1.82, 2.24) is 19.1 Å². The summed E-state index contributed by atoms with van der Waals surface area (Å²) in [5.74, 6) is 6.20. The number of ether oxygens (including phenoxy) is 1. The third-order valence-electron chi connectivity index (χ3n) is 3.79. The van der Waals surface area contributed by atoms with Crippen molar-refractivity contribution < 1.29 is 9.84 Å². The Morgan fingerprint density at radius 1 is 1.38 bits per heavy atom. The normalized spacial score (nSPS) is 12.3. The predicted molar refractivity (Wildman–Crippen MR) is 99.0 cm³/mol. The molecule has 138 valence electrons. The highest BCUT2D eigenvalue weighted by molar-refractivity contribution is 9.10. The first kappa shape index (κ1) is 18.2. The van der Waals surface area contributed by atoms with Gasteiger partial charge in [0, 0.05) is 11.5 Å². The molecule has 0 aliphatic carbocycles. The number of nitrogens with two attached hydrogens (primary N) is 1. The summed E-state index contributed by atoms with van der Waals surface area (Å²) in [7, 11) is 1.48. The van der Waals surface area contributed by atoms with Crippen molar-refractivity contribution in [3.63, 3.8) is 0 Å². The van der Waals surface area contributed by atoms with Crippen LogP contribution in [0.15, 0.2) is 38.3 Å². The number of hydrogen-bond acceptors (Lipinski definition) is 7. The number of rotatable bonds is 6. The molecule has 26 heavy (non-hydrogen) atoms. The number of benzene rings is 1. The largest absolute Gasteiger partial charge is 0.491 e. The van der Waals surface area contributed by atoms with Gasteiger partial charge in [0.2, 0.25) is 5.95 Å². The number of aliphatic hydroxyl groups excluding tert-OH is 1. The van der Waals surface area contributed by atoms with Crippen LogP contribution in [0.5, 0.6) is 5.75 Å². The molecule has 1 atom stereocenters. The lowest BCUT2D eigenvalue weighted by Crippen LogP contribution is -2.31. The van der Waals surface area contributed by atoms with Crippen LogP contribution in [0.25, 0.3) is 11.2 Å². The first-order valence-corrected chi connectivity index (χ1v) is 8.42. The van der Waals surface area contributed by atoms with Crippen molar-refractivity contribution in [2.24, 2.45) is 12.9 Å². The summed E-state index contributed by atoms with van der Waals surface area (Å²) in [6.45, 7) is -0.0111. The first-order valence-electron chi connectivity index (χ1n) is 7.63. The maximum absolute atomic E-state index is 12.2. The number of aromatic amines is 1. The van der Waals surface area contributed by atoms with E-state index >= 15 is 0 Å². The van der Waals surface area contributed by atoms with Gasteiger partial charge in [-0.15, -0.1) is 0 Å². The highest BCUT2D eigenvalue weighted by Crippen LogP contribution is 2.18. The van der Waals surface area contributed by atoms with Crippen LogP contribution < -0.4 is 27.3 Å². The number of nitrogen functional groups attached to an aromatic ring is 1. The Balaban J connectivity index is 1.85. The molecule has 1 unspecified atom stereocenters. The Labute approximate surface area is 155 Å². The summed E-state index contributed by atoms with van der Waals surface area (Å²) >= 11 is 3.33. The second-order valence-corrected chi connectivity index (χ2v) is 6.52. The van der Waals surface area contributed by atoms with Crippen molar-refractivity contribution in [3.8, 4) is 5.75 Å². The molecule has 11 heteroatoms. The molecule has 0 amide bonds. The van der Waals surface area contributed by atoms with E-state index in [0.29, 0.717) is 5.75 Å². The van der Waals surface area contributed by atoms with Gasteiger partial charge in [0.25, 0.3) is 5.56 Å². The third kappa shape index (κ3) is 3.49. The Morgan fingerprint density at radius 2 is 2.08 bits per heavy atom. The molecule has 1 aromatic carbocycles. The summed E-state index contributed by atoms with van der Waals surface area (Å²) in [4.78, 5) is 30.2. The summed E-state index contributed by atoms with van der Waals surface area (Å²) < 4.78 is 9.05. The number of aliphatic hydroxyl groups is 1. The number of nitrogens with one attached hydrogen (secondary N) is 2. The second-order valence-electron chi connectivity index (χ2n) is 5.60. The standard InChI is InChI=1S/C15H17BrN6O4/c1-21-12-11(13(24)19-15(21)25)22(14(18-12)20-17)6-9(23)7-26-10-4-2-8(16)3-5-10/h2-5,9,23H,6-7,17H2,1H3,(H,18,20)(H,19,24,25). The fraction of sp³-hybridized carbons (Fsp3) is 0.267. The van der Waals surface area contributed by atoms with Gasteiger partial charge in [-0.05, 0) is 24.3 Å². The van der Waals surface area contributed by atoms with Crippen molar-refractivity contribution in [2.75, 3.05) is 12.0 Å². The molecule has 0 radical (unpaired) electrons. The van der Waals surface area contributed by atoms with Crippen molar-refractivity contribution in [1.29, 1.82) is 0 Å². The molecule has 2 aromatic heterocycles. The number of imidazole rings is 1. The molecule has 3 aromatic rings. The van der Waals surface area contributed by atoms with E-state index in [9.17, 15) is 14.7 Å². The summed E-state index contributed by atoms with van der Waals surface area (Å²) in [5, 5.41) is 10.3. The molecule has 3 rings (SSSR count). The van der Waals surface area contributed by atoms with Crippen molar-refractivity contribution in [2.45, 2.75) is 12.6 Å². The van der Waals surface area contributed by atoms with Gasteiger partial charge in [0.05, 0.1) is 6.54 Å². The number of hydrazine groups is 1. The minimum absolute atomic E-state index is 0.00497. The van der Waals surface area contributed by atoms with Crippen LogP contribution in [-0.2, 0) is 13.6 Å². The highest BCUT2D eigenvalue weighted by atomic mass is 79.9. The molecule has 0 aliphatic rings. The van der Waals surface area contributed by atoms with Gasteiger partial charge in [-0.2, -0.15) is 4.98 Å². The van der Waals surface area contributed by atoms with Gasteiger partial charge in [-0.1, -0.05) is 15.9 Å². The average Bonchev–Trinajstić information content (AvgIpc) is 2.98. The molecular weight excluding hydrogens is 408 g/mol. The number of halogens is 1. The van der Waals surface area contributed by atoms with E-state index in [2.05, 4.69) is 31.3 Å². The summed E-state index contributed by atoms with van der Waals surface area (Å²) in [6, 6.07) is 7.16. The highest BCUT2D eigenvalue weighted by Gasteiger charge is 2.19. The Hall–Kier alpha value is -2.63. The zero-order chi connectivity index (χ0) is 18.8. The summed E-state index contributed by atoms with van der Waals surface area (Å²) in [6.07, 6.45) is -0.945. The zero-order valence-corrected chi connectivity index (χ0v) is 15.4. The lowest BCUT2D eigenvalue weighted by molar-refractivity contribution is 0.0938. The van der Waals surface area contributed by atoms with Crippen LogP contribution in [0.2, 0.25) is 0 Å². The van der Waals surface area contributed by atoms with E-state index in [4.69, 9.17) is 10.6 Å². The molecule has 0 spiro atoms. The topological polar surface area (TPSA) is 140 Å². The zero-order valence-electron chi connectivity index (χ0n) is 13.8. The van der Waals surface area contributed by atoms with Crippen LogP contribution in [-0.4, -0.2) is 36.9 Å². The number of nitrogens with zero attached hydrogens (tertiary/aromatic N) is 3. The van der Waals surface area contributed by atoms with E-state index in [1.165, 1.54) is 16.2 Å². The number of anilines is 1. The average molecular weight is 425 g/mol. The van der Waals surface area contributed by atoms with Crippen LogP contribution in [0.3, 0.4) is 0 Å². The second kappa shape index (κ2) is 7.32. The van der Waals surface area contributed by atoms with E-state index in [1.54, 1.807) is 12.1 Å². The predicted octanol–water partition coefficient (Wildman–Crippen LogP) is -0.0887. The smallest absolute Gasteiger partial charge is 0.329 e. The minimum atomic E-state index is -0.945. The number of fused-ring (bicyclic) bond motifs is 1. The van der Waals surface area contributed by atoms with E-state index in [-0.39, 0.29) is 30.3 Å². The monoisotopic (exact) mass is 424 g/mol. The van der Waals surface area contributed by atoms with E-state index in [0.717, 1.165) is 4.47 Å². The summed E-state index contributed by atoms with van der Waals surface area (Å²) in [5.41, 5.74) is 1.46. The SMILES string of the molecule is Cn1c(=O)[nH]c(=O)c2c1nc(NN)n2CC(O)COc1ccc(Br)cc1. The van der Waals surface area contributed by atoms with E-state index in [1.807, 2.05) is 12.1 Å². The molecular formula is C15H17BrN6O4. The fourth-order valence-electron chi connectivity index (χ4n) is 2.51. The molecule has 0 fully saturated rings. The Kier molecular flexibility index (Phi) is 5.11. The Bertz CT molecular complexity index is 1040. The van der Waals surface area contributed by atoms with Gasteiger partial charge in [-0.25, -0.2) is 10.6 Å². The number of aryl methyl sites for hydroxylation is 1. The number of H-pyrrole nitrogens is 1. The lowest BCUT2D eigenvalue weighted by atomic mass is 10.3. The van der Waals surface area contributed by atoms with Gasteiger partial charge in [0.15, 0.2) is 11.2 Å². The van der Waals surface area contributed by atoms with E-state index < -0.39 is 17.4 Å². The minimum Gasteiger partial charge on any atom is -0.491 e. The van der Waals surface area contributed by atoms with Gasteiger partial charge in [-0.3, -0.25) is 19.8 Å². The first-order chi connectivity index (χ1) is 12.4. The Morgan fingerprint density at radius 3 is 2.73 bits per heavy atom. The molecule has 0 saturated carbocycles. The molecule has 2 heterocycles. The van der Waals surface area contributed by atoms with Crippen molar-refractivity contribution >= 4 is 33.0 Å². The quantitative estimate of drug-likeness (QED) is 0.320. The molecule has 5 N–H and O–H groups in total. The van der Waals surface area contributed by atoms with Crippen LogP contribution in [0.4, 0.5) is 5.95 Å².